The zero-order valence-electron chi connectivity index (χ0n) is 11.8. The number of hydrogen-bond acceptors (Lipinski definition) is 5. The second kappa shape index (κ2) is 7.45. The van der Waals surface area contributed by atoms with E-state index in [-0.39, 0.29) is 11.9 Å². The Labute approximate surface area is 114 Å². The summed E-state index contributed by atoms with van der Waals surface area (Å²) < 4.78 is 4.79. The largest absolute Gasteiger partial charge is 0.466 e. The van der Waals surface area contributed by atoms with E-state index in [0.29, 0.717) is 52.0 Å². The van der Waals surface area contributed by atoms with Crippen LogP contribution in [-0.4, -0.2) is 60.3 Å². The van der Waals surface area contributed by atoms with Crippen molar-refractivity contribution in [3.63, 3.8) is 0 Å². The van der Waals surface area contributed by atoms with Crippen LogP contribution in [0.2, 0.25) is 0 Å². The zero-order chi connectivity index (χ0) is 14.3. The van der Waals surface area contributed by atoms with Crippen LogP contribution in [0.5, 0.6) is 0 Å². The summed E-state index contributed by atoms with van der Waals surface area (Å²) in [6.45, 7) is 5.99. The van der Waals surface area contributed by atoms with Gasteiger partial charge in [-0.05, 0) is 19.8 Å². The quantitative estimate of drug-likeness (QED) is 0.476. The molecule has 1 aliphatic heterocycles. The number of nitrogens with zero attached hydrogens (tertiary/aromatic N) is 1. The summed E-state index contributed by atoms with van der Waals surface area (Å²) in [4.78, 5) is 24.5. The monoisotopic (exact) mass is 272 g/mol. The summed E-state index contributed by atoms with van der Waals surface area (Å²) >= 11 is 0. The van der Waals surface area contributed by atoms with Gasteiger partial charge in [0.1, 0.15) is 0 Å². The molecule has 0 aromatic heterocycles. The molecule has 1 aliphatic rings. The number of hydrogen-bond donors (Lipinski definition) is 2. The first-order valence-electron chi connectivity index (χ1n) is 6.86. The highest BCUT2D eigenvalue weighted by atomic mass is 16.5. The molecule has 0 unspecified atom stereocenters. The molecule has 0 radical (unpaired) electrons. The second-order valence-corrected chi connectivity index (χ2v) is 4.98. The van der Waals surface area contributed by atoms with E-state index >= 15 is 0 Å². The van der Waals surface area contributed by atoms with Crippen molar-refractivity contribution < 1.29 is 19.4 Å². The number of ether oxygens (including phenoxy) is 1. The van der Waals surface area contributed by atoms with Crippen molar-refractivity contribution in [3.8, 4) is 0 Å². The van der Waals surface area contributed by atoms with Crippen LogP contribution >= 0.6 is 0 Å². The normalized spacial score (nSPS) is 17.6. The van der Waals surface area contributed by atoms with E-state index in [1.807, 2.05) is 11.8 Å². The van der Waals surface area contributed by atoms with Gasteiger partial charge in [0.2, 0.25) is 5.91 Å². The van der Waals surface area contributed by atoms with Crippen molar-refractivity contribution in [1.29, 1.82) is 0 Å². The van der Waals surface area contributed by atoms with Gasteiger partial charge in [0.05, 0.1) is 18.8 Å². The number of rotatable bonds is 8. The molecule has 0 aromatic rings. The molecule has 1 amide bonds. The fourth-order valence-corrected chi connectivity index (χ4v) is 2.07. The molecule has 0 aliphatic carbocycles. The highest BCUT2D eigenvalue weighted by Gasteiger charge is 2.39. The lowest BCUT2D eigenvalue weighted by atomic mass is 9.91. The number of β-amino-alcohol motifs (C(OH)–C–C–N with tert-alkyl or cyclic N) is 1. The molecule has 6 heteroatoms. The number of aliphatic hydroxyl groups is 1. The third kappa shape index (κ3) is 5.57. The van der Waals surface area contributed by atoms with Gasteiger partial charge >= 0.3 is 5.97 Å². The first-order chi connectivity index (χ1) is 8.99. The Kier molecular flexibility index (Phi) is 6.24. The minimum atomic E-state index is -0.607. The summed E-state index contributed by atoms with van der Waals surface area (Å²) in [5, 5.41) is 12.6. The average molecular weight is 272 g/mol. The van der Waals surface area contributed by atoms with E-state index in [9.17, 15) is 14.7 Å². The van der Waals surface area contributed by atoms with Gasteiger partial charge in [-0.3, -0.25) is 14.5 Å². The highest BCUT2D eigenvalue weighted by molar-refractivity contribution is 5.78. The molecule has 1 fully saturated rings. The zero-order valence-corrected chi connectivity index (χ0v) is 11.8. The van der Waals surface area contributed by atoms with E-state index < -0.39 is 5.60 Å². The lowest BCUT2D eigenvalue weighted by Gasteiger charge is -2.45. The number of carbonyl (C=O) groups is 2. The number of esters is 1. The summed E-state index contributed by atoms with van der Waals surface area (Å²) in [7, 11) is 0. The fourth-order valence-electron chi connectivity index (χ4n) is 2.07. The topological polar surface area (TPSA) is 78.9 Å². The molecular weight excluding hydrogens is 248 g/mol. The van der Waals surface area contributed by atoms with Gasteiger partial charge in [-0.15, -0.1) is 0 Å². The van der Waals surface area contributed by atoms with Crippen molar-refractivity contribution in [2.45, 2.75) is 38.7 Å². The van der Waals surface area contributed by atoms with E-state index in [1.165, 1.54) is 0 Å². The number of carbonyl (C=O) groups excluding carboxylic acids is 2. The fraction of sp³-hybridized carbons (Fsp3) is 0.846. The highest BCUT2D eigenvalue weighted by Crippen LogP contribution is 2.23. The van der Waals surface area contributed by atoms with E-state index in [2.05, 4.69) is 5.32 Å². The SMILES string of the molecule is CCOC(=O)CCCNC(=O)CN1CC(O)(CC)C1. The molecule has 19 heavy (non-hydrogen) atoms. The van der Waals surface area contributed by atoms with Crippen molar-refractivity contribution in [1.82, 2.24) is 10.2 Å². The van der Waals surface area contributed by atoms with Crippen molar-refractivity contribution in [2.75, 3.05) is 32.8 Å². The van der Waals surface area contributed by atoms with E-state index in [4.69, 9.17) is 4.74 Å². The minimum absolute atomic E-state index is 0.0676. The van der Waals surface area contributed by atoms with Gasteiger partial charge < -0.3 is 15.2 Å². The molecule has 1 heterocycles. The second-order valence-electron chi connectivity index (χ2n) is 4.98. The molecule has 0 atom stereocenters. The smallest absolute Gasteiger partial charge is 0.305 e. The lowest BCUT2D eigenvalue weighted by molar-refractivity contribution is -0.143. The van der Waals surface area contributed by atoms with Crippen LogP contribution in [0.3, 0.4) is 0 Å². The van der Waals surface area contributed by atoms with Crippen LogP contribution < -0.4 is 5.32 Å². The Bertz CT molecular complexity index is 314. The molecule has 2 N–H and O–H groups in total. The van der Waals surface area contributed by atoms with Gasteiger partial charge in [0.15, 0.2) is 0 Å². The third-order valence-electron chi connectivity index (χ3n) is 3.25. The van der Waals surface area contributed by atoms with Crippen LogP contribution in [0.25, 0.3) is 0 Å². The molecule has 1 saturated heterocycles. The van der Waals surface area contributed by atoms with Gasteiger partial charge in [-0.2, -0.15) is 0 Å². The van der Waals surface area contributed by atoms with Crippen molar-refractivity contribution >= 4 is 11.9 Å². The maximum absolute atomic E-state index is 11.6. The van der Waals surface area contributed by atoms with E-state index in [1.54, 1.807) is 6.92 Å². The summed E-state index contributed by atoms with van der Waals surface area (Å²) in [6, 6.07) is 0. The van der Waals surface area contributed by atoms with Crippen LogP contribution in [0.1, 0.15) is 33.1 Å². The predicted octanol–water partition coefficient (Wildman–Crippen LogP) is -0.0974. The Balaban J connectivity index is 2.02. The number of nitrogens with one attached hydrogen (secondary N) is 1. The van der Waals surface area contributed by atoms with E-state index in [0.717, 1.165) is 0 Å². The van der Waals surface area contributed by atoms with Gasteiger partial charge in [-0.25, -0.2) is 0 Å². The Morgan fingerprint density at radius 1 is 1.37 bits per heavy atom. The average Bonchev–Trinajstić information content (AvgIpc) is 2.33. The van der Waals surface area contributed by atoms with Crippen LogP contribution in [0.15, 0.2) is 0 Å². The lowest BCUT2D eigenvalue weighted by Crippen LogP contribution is -2.63. The summed E-state index contributed by atoms with van der Waals surface area (Å²) in [6.07, 6.45) is 1.63. The molecule has 6 nitrogen and oxygen atoms in total. The standard InChI is InChI=1S/C13H24N2O4/c1-3-13(18)9-15(10-13)8-11(16)14-7-5-6-12(17)19-4-2/h18H,3-10H2,1-2H3,(H,14,16). The minimum Gasteiger partial charge on any atom is -0.466 e. The third-order valence-corrected chi connectivity index (χ3v) is 3.25. The summed E-state index contributed by atoms with van der Waals surface area (Å²) in [5.74, 6) is -0.297. The van der Waals surface area contributed by atoms with Crippen molar-refractivity contribution in [3.05, 3.63) is 0 Å². The van der Waals surface area contributed by atoms with Crippen LogP contribution in [0, 0.1) is 0 Å². The Morgan fingerprint density at radius 2 is 2.05 bits per heavy atom. The molecule has 0 bridgehead atoms. The van der Waals surface area contributed by atoms with Gasteiger partial charge in [-0.1, -0.05) is 6.92 Å². The molecule has 0 spiro atoms. The molecule has 1 rings (SSSR count). The van der Waals surface area contributed by atoms with Gasteiger partial charge in [0.25, 0.3) is 0 Å². The molecule has 0 aromatic carbocycles. The van der Waals surface area contributed by atoms with Crippen molar-refractivity contribution in [2.24, 2.45) is 0 Å². The molecule has 110 valence electrons. The van der Waals surface area contributed by atoms with Crippen LogP contribution in [0.4, 0.5) is 0 Å². The summed E-state index contributed by atoms with van der Waals surface area (Å²) in [5.41, 5.74) is -0.607. The Morgan fingerprint density at radius 3 is 2.63 bits per heavy atom. The predicted molar refractivity (Wildman–Crippen MR) is 70.6 cm³/mol. The first kappa shape index (κ1) is 15.9. The number of likely N-dealkylation sites (tertiary alicyclic amines) is 1. The Hall–Kier alpha value is -1.14. The maximum Gasteiger partial charge on any atom is 0.305 e. The maximum atomic E-state index is 11.6. The first-order valence-corrected chi connectivity index (χ1v) is 6.86. The molecular formula is C13H24N2O4. The van der Waals surface area contributed by atoms with Gasteiger partial charge in [0, 0.05) is 26.1 Å². The number of amides is 1. The van der Waals surface area contributed by atoms with Crippen LogP contribution in [-0.2, 0) is 14.3 Å². The molecule has 0 saturated carbocycles.